The quantitative estimate of drug-likeness (QED) is 0.0125. The Morgan fingerprint density at radius 1 is 0.870 bits per heavy atom. The van der Waals surface area contributed by atoms with Gasteiger partial charge in [0.25, 0.3) is 0 Å². The van der Waals surface area contributed by atoms with E-state index >= 15 is 0 Å². The average Bonchev–Trinajstić information content (AvgIpc) is 0.755. The van der Waals surface area contributed by atoms with Crippen LogP contribution >= 0.6 is 55.9 Å². The molecule has 19 atom stereocenters. The van der Waals surface area contributed by atoms with Crippen molar-refractivity contribution in [2.75, 3.05) is 61.1 Å². The molecule has 31 nitrogen and oxygen atoms in total. The molecule has 10 N–H and O–H groups in total. The summed E-state index contributed by atoms with van der Waals surface area (Å²) in [5.41, 5.74) is 9.81. The molecule has 4 aliphatic heterocycles. The number of primary amides is 1. The highest BCUT2D eigenvalue weighted by Crippen LogP contribution is 2.49. The molecular formula is C73H97IN6O25S3. The summed E-state index contributed by atoms with van der Waals surface area (Å²) in [6, 6.07) is 5.36. The monoisotopic (exact) mass is 1680 g/mol. The van der Waals surface area contributed by atoms with Crippen molar-refractivity contribution in [1.82, 2.24) is 21.1 Å². The molecule has 594 valence electrons. The maximum Gasteiger partial charge on any atom is 0.411 e. The number of ether oxygens (including phenoxy) is 13. The zero-order valence-electron chi connectivity index (χ0n) is 62.5. The number of aliphatic hydroxyl groups is 5. The van der Waals surface area contributed by atoms with Gasteiger partial charge in [-0.15, -0.1) is 0 Å². The lowest BCUT2D eigenvalue weighted by atomic mass is 9.75. The maximum absolute atomic E-state index is 14.6. The molecule has 2 bridgehead atoms. The number of benzene rings is 2. The van der Waals surface area contributed by atoms with E-state index in [1.54, 1.807) is 69.9 Å². The number of hydrazone groups is 1. The van der Waals surface area contributed by atoms with Gasteiger partial charge in [0.05, 0.1) is 109 Å². The number of fused-ring (bicyclic) bond motifs is 2. The second-order valence-corrected chi connectivity index (χ2v) is 32.0. The first-order chi connectivity index (χ1) is 51.3. The summed E-state index contributed by atoms with van der Waals surface area (Å²) in [6.45, 7) is 15.9. The Morgan fingerprint density at radius 3 is 2.22 bits per heavy atom. The lowest BCUT2D eigenvalue weighted by Gasteiger charge is -2.47. The minimum atomic E-state index is -2.23. The first-order valence-corrected chi connectivity index (χ1v) is 39.2. The molecule has 4 saturated heterocycles. The molecule has 4 amide bonds. The number of thioether (sulfide) groups is 1. The minimum Gasteiger partial charge on any atom is -0.494 e. The molecule has 8 rings (SSSR count). The van der Waals surface area contributed by atoms with Gasteiger partial charge < -0.3 is 97.7 Å². The first kappa shape index (κ1) is 87.4. The summed E-state index contributed by atoms with van der Waals surface area (Å²) < 4.78 is 78.2. The summed E-state index contributed by atoms with van der Waals surface area (Å²) in [6.07, 6.45) is -15.2. The number of alkyl carbamates (subject to hydrolysis) is 1. The number of hydrogen-bond acceptors (Lipinski definition) is 30. The van der Waals surface area contributed by atoms with Crippen LogP contribution in [0, 0.1) is 34.2 Å². The molecule has 0 aromatic heterocycles. The number of amides is 4. The first-order valence-electron chi connectivity index (χ1n) is 34.9. The Hall–Kier alpha value is -6.15. The number of rotatable bonds is 31. The Kier molecular flexibility index (Phi) is 32.3. The van der Waals surface area contributed by atoms with E-state index in [0.717, 1.165) is 24.4 Å². The van der Waals surface area contributed by atoms with E-state index < -0.39 is 149 Å². The van der Waals surface area contributed by atoms with Crippen molar-refractivity contribution < 1.29 is 121 Å². The minimum absolute atomic E-state index is 0.00339. The summed E-state index contributed by atoms with van der Waals surface area (Å²) >= 11 is 2.78. The number of likely N-dealkylation sites (N-methyl/N-ethyl adjacent to an activating group) is 1. The van der Waals surface area contributed by atoms with Crippen LogP contribution in [0.5, 0.6) is 23.0 Å². The Morgan fingerprint density at radius 2 is 1.57 bits per heavy atom. The Bertz CT molecular complexity index is 3800. The largest absolute Gasteiger partial charge is 0.494 e. The van der Waals surface area contributed by atoms with Crippen molar-refractivity contribution in [2.45, 2.75) is 221 Å². The van der Waals surface area contributed by atoms with Crippen LogP contribution in [0.15, 0.2) is 64.4 Å². The number of methoxy groups -OCH3 is 5. The van der Waals surface area contributed by atoms with E-state index in [0.29, 0.717) is 40.2 Å². The predicted molar refractivity (Wildman–Crippen MR) is 405 cm³/mol. The van der Waals surface area contributed by atoms with Crippen LogP contribution in [0.3, 0.4) is 0 Å². The number of carbonyl (C=O) groups is 6. The molecule has 2 aromatic rings. The molecular weight excluding hydrogens is 1580 g/mol. The van der Waals surface area contributed by atoms with Gasteiger partial charge in [-0.05, 0) is 132 Å². The van der Waals surface area contributed by atoms with E-state index in [9.17, 15) is 54.3 Å². The molecule has 4 fully saturated rings. The highest BCUT2D eigenvalue weighted by atomic mass is 127. The van der Waals surface area contributed by atoms with Gasteiger partial charge in [-0.25, -0.2) is 10.2 Å². The number of nitrogens with one attached hydrogen (secondary N) is 3. The zero-order chi connectivity index (χ0) is 79.1. The third-order valence-electron chi connectivity index (χ3n) is 18.6. The average molecular weight is 1680 g/mol. The van der Waals surface area contributed by atoms with E-state index in [1.807, 2.05) is 43.4 Å². The summed E-state index contributed by atoms with van der Waals surface area (Å²) in [4.78, 5) is 87.5. The van der Waals surface area contributed by atoms with Gasteiger partial charge in [0.1, 0.15) is 42.4 Å². The lowest BCUT2D eigenvalue weighted by molar-refractivity contribution is -0.337. The molecule has 4 heterocycles. The summed E-state index contributed by atoms with van der Waals surface area (Å²) in [5.74, 6) is 10.5. The number of carbonyl (C=O) groups excluding carboxylic acids is 6. The topological polar surface area (TPSA) is 411 Å². The Balaban J connectivity index is 1.02. The zero-order valence-corrected chi connectivity index (χ0v) is 67.1. The van der Waals surface area contributed by atoms with Crippen molar-refractivity contribution >= 4 is 96.4 Å². The second-order valence-electron chi connectivity index (χ2n) is 26.7. The fourth-order valence-corrected chi connectivity index (χ4v) is 17.1. The summed E-state index contributed by atoms with van der Waals surface area (Å²) in [7, 11) is 9.28. The van der Waals surface area contributed by atoms with Gasteiger partial charge >= 0.3 is 6.09 Å². The molecule has 0 radical (unpaired) electrons. The third kappa shape index (κ3) is 21.7. The van der Waals surface area contributed by atoms with E-state index in [-0.39, 0.29) is 89.5 Å². The molecule has 6 aliphatic rings. The molecule has 0 saturated carbocycles. The smallest absolute Gasteiger partial charge is 0.411 e. The van der Waals surface area contributed by atoms with Gasteiger partial charge in [-0.1, -0.05) is 63.1 Å². The molecule has 2 aliphatic carbocycles. The van der Waals surface area contributed by atoms with E-state index in [4.69, 9.17) is 72.2 Å². The number of aliphatic hydroxyl groups excluding tert-OH is 4. The number of Topliss-reactive ketones (excluding diaryl/α,β-unsaturated/α-hetero) is 1. The fourth-order valence-electron chi connectivity index (χ4n) is 13.0. The van der Waals surface area contributed by atoms with Gasteiger partial charge in [0, 0.05) is 75.0 Å². The van der Waals surface area contributed by atoms with Crippen LogP contribution in [0.2, 0.25) is 0 Å². The van der Waals surface area contributed by atoms with E-state index in [1.165, 1.54) is 69.1 Å². The number of nitrogens with zero attached hydrogens (tertiary/aromatic N) is 2. The van der Waals surface area contributed by atoms with Crippen molar-refractivity contribution in [3.63, 3.8) is 0 Å². The number of ketones is 1. The van der Waals surface area contributed by atoms with Crippen LogP contribution in [0.25, 0.3) is 0 Å². The normalized spacial score (nSPS) is 30.7. The van der Waals surface area contributed by atoms with E-state index in [2.05, 4.69) is 45.0 Å². The molecule has 108 heavy (non-hydrogen) atoms. The van der Waals surface area contributed by atoms with Crippen molar-refractivity contribution in [2.24, 2.45) is 10.8 Å². The number of allylic oxidation sites excluding steroid dienone is 3. The molecule has 0 unspecified atom stereocenters. The van der Waals surface area contributed by atoms with Gasteiger partial charge in [0.15, 0.2) is 41.8 Å². The number of hydrogen-bond donors (Lipinski definition) is 9. The number of nitrogens with two attached hydrogens (primary N) is 1. The van der Waals surface area contributed by atoms with Crippen LogP contribution in [0.4, 0.5) is 4.79 Å². The second kappa shape index (κ2) is 39.8. The maximum atomic E-state index is 14.6. The van der Waals surface area contributed by atoms with Gasteiger partial charge in [-0.3, -0.25) is 34.1 Å². The van der Waals surface area contributed by atoms with Crippen LogP contribution in [-0.4, -0.2) is 252 Å². The highest BCUT2D eigenvalue weighted by Gasteiger charge is 2.53. The molecule has 0 spiro atoms. The number of halogens is 1. The van der Waals surface area contributed by atoms with Crippen LogP contribution < -0.4 is 40.9 Å². The number of hydroxylamine groups is 1. The summed E-state index contributed by atoms with van der Waals surface area (Å²) in [5, 5.41) is 64.5. The lowest BCUT2D eigenvalue weighted by Crippen LogP contribution is -2.65. The standard InChI is InChI=1S/C73H97IN6O25S3/c1-15-80(41(7)81)45-35-98-52(32-49(45)92-10)103-65-60(87)57(79-105-53-31-46(82)67(40(6)99-53)107-68(89)54-36(2)56(74)63(66(95-13)62(54)93-11)104-69-61(88)64(94-12)59(86)39(5)101-69)38(4)100-70(65)102-48-21-18-16-17-19-28-73(91)33-47(83)58(76-71(90)96-14)55(48)44(73)27-30-106-108-72(8,9)34-51(85)78-77-37(3)42-23-25-43(26-24-42)97-29-20-22-50(75)84/h16-17,23-27,38-40,45-46,48-49,52-53,57,59-61,64-65,67,69-70,79,82,86-88,91H,15,20,22,29-35H2,1-14H3,(H2,75,84)(H,76,90)(H,78,85)/b17-16-,44-27-,77-37-/t38-,39+,40-,45+,46+,48+,49+,52+,53+,57-,59+,60+,61-,64-,65-,67-,69+,70+,73+/m1/s1. The predicted octanol–water partition coefficient (Wildman–Crippen LogP) is 4.53. The van der Waals surface area contributed by atoms with Crippen molar-refractivity contribution in [3.05, 3.63) is 79.6 Å². The molecule has 2 aromatic carbocycles. The van der Waals surface area contributed by atoms with Crippen molar-refractivity contribution in [3.8, 4) is 46.7 Å². The van der Waals surface area contributed by atoms with Crippen molar-refractivity contribution in [1.29, 1.82) is 0 Å². The third-order valence-corrected chi connectivity index (χ3v) is 24.4. The SMILES string of the molecule is CCN(C(C)=O)[C@H]1CO[C@@H](O[C@H]2[C@H](O[C@H]3C#C/C=C\C#C[C@]4(O)CC(=O)C(NC(=O)OC)=C3/C4=C/CSSC(C)(C)CC(=O)N/N=C(/C)c3ccc(OCCCC(N)=O)cc3)O[C@H](C)[C@@H](NO[C@H]3C[C@H](O)[C@H](SC(=O)c4c(C)c(I)c(O[C@@H]5O[C@@H](C)[C@H](O)[C@@H](OC)[C@H]5O)c(OC)c4OC)[C@@H](C)O3)[C@@H]2O)C[C@@H]1OC. The fraction of sp³-hybridized carbons (Fsp3) is 0.603. The molecule has 35 heteroatoms. The Labute approximate surface area is 653 Å². The van der Waals surface area contributed by atoms with Crippen LogP contribution in [-0.2, 0) is 66.6 Å². The highest BCUT2D eigenvalue weighted by molar-refractivity contribution is 14.1. The van der Waals surface area contributed by atoms with Gasteiger partial charge in [-0.2, -0.15) is 10.6 Å². The van der Waals surface area contributed by atoms with Gasteiger partial charge in [0.2, 0.25) is 34.9 Å². The van der Waals surface area contributed by atoms with Crippen LogP contribution in [0.1, 0.15) is 115 Å².